The molecule has 0 saturated carbocycles. The van der Waals surface area contributed by atoms with Crippen LogP contribution in [0.1, 0.15) is 18.1 Å². The molecule has 0 aromatic heterocycles. The highest BCUT2D eigenvalue weighted by Crippen LogP contribution is 2.32. The molecular weight excluding hydrogens is 237 g/mol. The normalized spacial score (nSPS) is 12.9. The summed E-state index contributed by atoms with van der Waals surface area (Å²) < 4.78 is 46.0. The van der Waals surface area contributed by atoms with Gasteiger partial charge in [-0.1, -0.05) is 12.1 Å². The molecule has 94 valence electrons. The van der Waals surface area contributed by atoms with Crippen LogP contribution < -0.4 is 4.74 Å². The van der Waals surface area contributed by atoms with E-state index in [9.17, 15) is 18.0 Å². The molecule has 6 heteroatoms. The first kappa shape index (κ1) is 13.3. The van der Waals surface area contributed by atoms with E-state index in [-0.39, 0.29) is 12.0 Å². The Kier molecular flexibility index (Phi) is 4.37. The van der Waals surface area contributed by atoms with Crippen molar-refractivity contribution < 1.29 is 27.4 Å². The molecule has 0 bridgehead atoms. The molecule has 0 aliphatic heterocycles. The minimum absolute atomic E-state index is 0.0145. The fourth-order valence-corrected chi connectivity index (χ4v) is 1.34. The van der Waals surface area contributed by atoms with E-state index in [1.54, 1.807) is 0 Å². The number of benzene rings is 1. The van der Waals surface area contributed by atoms with E-state index >= 15 is 0 Å². The highest BCUT2D eigenvalue weighted by molar-refractivity contribution is 5.39. The maximum atomic E-state index is 12.2. The second-order valence-corrected chi connectivity index (χ2v) is 3.31. The molecule has 17 heavy (non-hydrogen) atoms. The Bertz CT molecular complexity index is 359. The molecule has 1 rings (SSSR count). The molecule has 0 amide bonds. The van der Waals surface area contributed by atoms with Crippen molar-refractivity contribution in [3.8, 4) is 5.75 Å². The maximum Gasteiger partial charge on any atom is 0.392 e. The number of hydrogen-bond acceptors (Lipinski definition) is 3. The van der Waals surface area contributed by atoms with Crippen LogP contribution in [0.4, 0.5) is 13.2 Å². The number of halogens is 3. The molecule has 0 saturated heterocycles. The molecule has 0 heterocycles. The van der Waals surface area contributed by atoms with Gasteiger partial charge in [0.2, 0.25) is 0 Å². The third-order valence-corrected chi connectivity index (χ3v) is 2.12. The number of alkyl halides is 3. The summed E-state index contributed by atoms with van der Waals surface area (Å²) in [6.07, 6.45) is -6.93. The lowest BCUT2D eigenvalue weighted by Gasteiger charge is -2.17. The van der Waals surface area contributed by atoms with Gasteiger partial charge in [-0.25, -0.2) is 0 Å². The van der Waals surface area contributed by atoms with Crippen LogP contribution in [0.15, 0.2) is 24.3 Å². The van der Waals surface area contributed by atoms with E-state index in [0.717, 1.165) is 0 Å². The van der Waals surface area contributed by atoms with Crippen LogP contribution in [0.25, 0.3) is 0 Å². The van der Waals surface area contributed by atoms with Crippen molar-refractivity contribution in [3.05, 3.63) is 29.8 Å². The van der Waals surface area contributed by atoms with Gasteiger partial charge in [0.1, 0.15) is 11.9 Å². The van der Waals surface area contributed by atoms with Gasteiger partial charge in [-0.3, -0.25) is 4.79 Å². The molecule has 0 radical (unpaired) electrons. The lowest BCUT2D eigenvalue weighted by atomic mass is 10.1. The van der Waals surface area contributed by atoms with Crippen molar-refractivity contribution in [2.75, 3.05) is 7.11 Å². The van der Waals surface area contributed by atoms with Crippen LogP contribution in [-0.4, -0.2) is 19.8 Å². The highest BCUT2D eigenvalue weighted by Gasteiger charge is 2.33. The smallest absolute Gasteiger partial charge is 0.392 e. The Balaban J connectivity index is 2.85. The number of ether oxygens (including phenoxy) is 2. The molecular formula is C11H11F3O3. The van der Waals surface area contributed by atoms with Crippen LogP contribution >= 0.6 is 0 Å². The molecule has 1 aromatic carbocycles. The summed E-state index contributed by atoms with van der Waals surface area (Å²) >= 11 is 0. The monoisotopic (exact) mass is 248 g/mol. The van der Waals surface area contributed by atoms with Gasteiger partial charge in [-0.2, -0.15) is 13.2 Å². The van der Waals surface area contributed by atoms with Crippen molar-refractivity contribution >= 4 is 6.47 Å². The predicted octanol–water partition coefficient (Wildman–Crippen LogP) is 2.86. The van der Waals surface area contributed by atoms with E-state index in [4.69, 9.17) is 4.74 Å². The average molecular weight is 248 g/mol. The summed E-state index contributed by atoms with van der Waals surface area (Å²) in [6.45, 7) is 0.0145. The summed E-state index contributed by atoms with van der Waals surface area (Å²) in [4.78, 5) is 10.2. The fraction of sp³-hybridized carbons (Fsp3) is 0.364. The molecule has 3 nitrogen and oxygen atoms in total. The molecule has 0 N–H and O–H groups in total. The van der Waals surface area contributed by atoms with E-state index in [1.165, 1.54) is 31.4 Å². The van der Waals surface area contributed by atoms with Crippen molar-refractivity contribution in [1.82, 2.24) is 0 Å². The van der Waals surface area contributed by atoms with Crippen molar-refractivity contribution in [1.29, 1.82) is 0 Å². The third-order valence-electron chi connectivity index (χ3n) is 2.12. The first-order valence-corrected chi connectivity index (χ1v) is 4.76. The lowest BCUT2D eigenvalue weighted by Crippen LogP contribution is -2.16. The molecule has 0 fully saturated rings. The average Bonchev–Trinajstić information content (AvgIpc) is 2.27. The number of carbonyl (C=O) groups is 1. The third kappa shape index (κ3) is 4.34. The highest BCUT2D eigenvalue weighted by atomic mass is 19.4. The van der Waals surface area contributed by atoms with Gasteiger partial charge in [-0.05, 0) is 17.7 Å². The topological polar surface area (TPSA) is 35.5 Å². The zero-order valence-electron chi connectivity index (χ0n) is 9.03. The van der Waals surface area contributed by atoms with Crippen molar-refractivity contribution in [2.24, 2.45) is 0 Å². The summed E-state index contributed by atoms with van der Waals surface area (Å²) in [5.74, 6) is 0.519. The summed E-state index contributed by atoms with van der Waals surface area (Å²) in [5, 5.41) is 0. The van der Waals surface area contributed by atoms with Gasteiger partial charge in [0.15, 0.2) is 0 Å². The molecule has 1 unspecified atom stereocenters. The van der Waals surface area contributed by atoms with Crippen LogP contribution in [0, 0.1) is 0 Å². The number of rotatable bonds is 5. The first-order chi connectivity index (χ1) is 7.96. The van der Waals surface area contributed by atoms with Crippen molar-refractivity contribution in [2.45, 2.75) is 18.7 Å². The van der Waals surface area contributed by atoms with Gasteiger partial charge in [0.05, 0.1) is 13.5 Å². The van der Waals surface area contributed by atoms with Crippen molar-refractivity contribution in [3.63, 3.8) is 0 Å². The Morgan fingerprint density at radius 3 is 2.29 bits per heavy atom. The molecule has 0 spiro atoms. The van der Waals surface area contributed by atoms with Crippen LogP contribution in [-0.2, 0) is 9.53 Å². The Labute approximate surface area is 96.1 Å². The maximum absolute atomic E-state index is 12.2. The molecule has 1 atom stereocenters. The fourth-order valence-electron chi connectivity index (χ4n) is 1.34. The minimum Gasteiger partial charge on any atom is -0.497 e. The Hall–Kier alpha value is -1.72. The number of carbonyl (C=O) groups excluding carboxylic acids is 1. The quantitative estimate of drug-likeness (QED) is 0.751. The van der Waals surface area contributed by atoms with E-state index < -0.39 is 18.7 Å². The van der Waals surface area contributed by atoms with Gasteiger partial charge in [0, 0.05) is 0 Å². The molecule has 0 aliphatic carbocycles. The first-order valence-electron chi connectivity index (χ1n) is 4.76. The second-order valence-electron chi connectivity index (χ2n) is 3.31. The lowest BCUT2D eigenvalue weighted by molar-refractivity contribution is -0.165. The summed E-state index contributed by atoms with van der Waals surface area (Å²) in [5.41, 5.74) is 0.273. The number of hydrogen-bond donors (Lipinski definition) is 0. The molecule has 0 aliphatic rings. The Morgan fingerprint density at radius 2 is 1.88 bits per heavy atom. The SMILES string of the molecule is COc1ccc(C(CC(F)(F)F)OC=O)cc1. The summed E-state index contributed by atoms with van der Waals surface area (Å²) in [7, 11) is 1.45. The zero-order chi connectivity index (χ0) is 12.9. The van der Waals surface area contributed by atoms with E-state index in [2.05, 4.69) is 4.74 Å². The van der Waals surface area contributed by atoms with Crippen LogP contribution in [0.3, 0.4) is 0 Å². The largest absolute Gasteiger partial charge is 0.497 e. The van der Waals surface area contributed by atoms with Crippen LogP contribution in [0.5, 0.6) is 5.75 Å². The van der Waals surface area contributed by atoms with Gasteiger partial charge in [-0.15, -0.1) is 0 Å². The standard InChI is InChI=1S/C11H11F3O3/c1-16-9-4-2-8(3-5-9)10(17-7-15)6-11(12,13)14/h2-5,7,10H,6H2,1H3. The van der Waals surface area contributed by atoms with Gasteiger partial charge in [0.25, 0.3) is 6.47 Å². The van der Waals surface area contributed by atoms with Gasteiger partial charge >= 0.3 is 6.18 Å². The minimum atomic E-state index is -4.40. The van der Waals surface area contributed by atoms with E-state index in [0.29, 0.717) is 5.75 Å². The van der Waals surface area contributed by atoms with Crippen LogP contribution in [0.2, 0.25) is 0 Å². The Morgan fingerprint density at radius 1 is 1.29 bits per heavy atom. The summed E-state index contributed by atoms with van der Waals surface area (Å²) in [6, 6.07) is 5.87. The zero-order valence-corrected chi connectivity index (χ0v) is 9.03. The predicted molar refractivity (Wildman–Crippen MR) is 53.6 cm³/mol. The molecule has 1 aromatic rings. The van der Waals surface area contributed by atoms with E-state index in [1.807, 2.05) is 0 Å². The second kappa shape index (κ2) is 5.56. The van der Waals surface area contributed by atoms with Gasteiger partial charge < -0.3 is 9.47 Å². The number of methoxy groups -OCH3 is 1.